The Morgan fingerprint density at radius 2 is 1.12 bits per heavy atom. The Morgan fingerprint density at radius 3 is 1.36 bits per heavy atom. The summed E-state index contributed by atoms with van der Waals surface area (Å²) >= 11 is 0. The van der Waals surface area contributed by atoms with E-state index in [4.69, 9.17) is 0 Å². The van der Waals surface area contributed by atoms with Crippen molar-refractivity contribution in [1.82, 2.24) is 0 Å². The first-order chi connectivity index (χ1) is 12.1. The molecule has 0 fully saturated rings. The fraction of sp³-hybridized carbons (Fsp3) is 0.440. The maximum Gasteiger partial charge on any atom is -0.00825 e. The van der Waals surface area contributed by atoms with Gasteiger partial charge in [-0.1, -0.05) is 101 Å². The molecular weight excluding hydrogens is 300 g/mol. The lowest BCUT2D eigenvalue weighted by molar-refractivity contribution is 1.12. The molecule has 0 radical (unpaired) electrons. The van der Waals surface area contributed by atoms with E-state index in [9.17, 15) is 0 Å². The molecule has 1 aliphatic rings. The van der Waals surface area contributed by atoms with Crippen molar-refractivity contribution in [3.8, 4) is 0 Å². The van der Waals surface area contributed by atoms with Crippen LogP contribution in [0.1, 0.15) is 75.7 Å². The van der Waals surface area contributed by atoms with Crippen LogP contribution in [0.5, 0.6) is 0 Å². The fourth-order valence-electron chi connectivity index (χ4n) is 1.97. The topological polar surface area (TPSA) is 0 Å². The van der Waals surface area contributed by atoms with Gasteiger partial charge in [-0.15, -0.1) is 13.2 Å². The maximum atomic E-state index is 4.11. The lowest BCUT2D eigenvalue weighted by Crippen LogP contribution is -1.90. The Bertz CT molecular complexity index is 425. The third kappa shape index (κ3) is 11.4. The second-order valence-electron chi connectivity index (χ2n) is 3.67. The molecule has 0 saturated heterocycles. The minimum absolute atomic E-state index is 0.934. The van der Waals surface area contributed by atoms with Crippen molar-refractivity contribution in [1.29, 1.82) is 0 Å². The van der Waals surface area contributed by atoms with E-state index in [-0.39, 0.29) is 0 Å². The Kier molecular flexibility index (Phi) is 37.3. The highest BCUT2D eigenvalue weighted by Crippen LogP contribution is 2.40. The molecule has 146 valence electrons. The van der Waals surface area contributed by atoms with Crippen LogP contribution in [0.4, 0.5) is 0 Å². The number of hydrogen-bond donors (Lipinski definition) is 0. The Labute approximate surface area is 161 Å². The summed E-state index contributed by atoms with van der Waals surface area (Å²) in [7, 11) is 0. The zero-order valence-electron chi connectivity index (χ0n) is 19.1. The predicted molar refractivity (Wildman–Crippen MR) is 125 cm³/mol. The first-order valence-corrected chi connectivity index (χ1v) is 9.66. The van der Waals surface area contributed by atoms with Crippen LogP contribution >= 0.6 is 0 Å². The largest absolute Gasteiger partial charge is 0.106 e. The third-order valence-corrected chi connectivity index (χ3v) is 2.89. The first-order valence-electron chi connectivity index (χ1n) is 9.66. The average molecular weight is 347 g/mol. The van der Waals surface area contributed by atoms with Crippen LogP contribution in [0, 0.1) is 0 Å². The van der Waals surface area contributed by atoms with Gasteiger partial charge in [0.15, 0.2) is 0 Å². The fourth-order valence-corrected chi connectivity index (χ4v) is 1.97. The lowest BCUT2D eigenvalue weighted by atomic mass is 9.95. The van der Waals surface area contributed by atoms with Crippen molar-refractivity contribution in [3.63, 3.8) is 0 Å². The second kappa shape index (κ2) is 27.0. The number of hydrogen-bond acceptors (Lipinski definition) is 0. The first kappa shape index (κ1) is 34.5. The Balaban J connectivity index is -0.000000114. The highest BCUT2D eigenvalue weighted by Gasteiger charge is 2.22. The summed E-state index contributed by atoms with van der Waals surface area (Å²) in [6, 6.07) is 0. The molecule has 0 aromatic heterocycles. The molecule has 25 heavy (non-hydrogen) atoms. The Morgan fingerprint density at radius 1 is 0.800 bits per heavy atom. The molecule has 0 saturated carbocycles. The van der Waals surface area contributed by atoms with Crippen LogP contribution in [0.3, 0.4) is 0 Å². The van der Waals surface area contributed by atoms with E-state index in [0.717, 1.165) is 34.3 Å². The van der Waals surface area contributed by atoms with Crippen LogP contribution in [0.15, 0.2) is 85.1 Å². The highest BCUT2D eigenvalue weighted by molar-refractivity contribution is 5.72. The summed E-state index contributed by atoms with van der Waals surface area (Å²) in [5, 5.41) is 0. The van der Waals surface area contributed by atoms with Gasteiger partial charge in [-0.3, -0.25) is 0 Å². The SMILES string of the molecule is C=C.C=CC1=C(C)C(C=C)=C(C(=C)CC)C1=C.CC.CC.CC.CC. The average Bonchev–Trinajstić information content (AvgIpc) is 2.97. The van der Waals surface area contributed by atoms with Crippen LogP contribution < -0.4 is 0 Å². The van der Waals surface area contributed by atoms with Crippen molar-refractivity contribution >= 4 is 0 Å². The van der Waals surface area contributed by atoms with E-state index in [1.54, 1.807) is 0 Å². The molecule has 0 bridgehead atoms. The van der Waals surface area contributed by atoms with E-state index >= 15 is 0 Å². The third-order valence-electron chi connectivity index (χ3n) is 2.89. The van der Waals surface area contributed by atoms with Crippen molar-refractivity contribution in [2.45, 2.75) is 75.7 Å². The maximum absolute atomic E-state index is 4.11. The zero-order chi connectivity index (χ0) is 21.6. The van der Waals surface area contributed by atoms with Crippen LogP contribution in [-0.4, -0.2) is 0 Å². The van der Waals surface area contributed by atoms with E-state index in [1.165, 1.54) is 5.57 Å². The van der Waals surface area contributed by atoms with Crippen LogP contribution in [-0.2, 0) is 0 Å². The number of rotatable bonds is 4. The standard InChI is InChI=1S/C15H18.4C2H6.C2H4/c1-7-10(4)15-12(6)13(8-2)11(5)14(15)9-3;5*1-2/h8-9H,2-4,6-7H2,1,5H3;4*1-2H3;1-2H2. The number of allylic oxidation sites excluding steroid dienone is 8. The molecule has 0 nitrogen and oxygen atoms in total. The predicted octanol–water partition coefficient (Wildman–Crippen LogP) is 9.41. The van der Waals surface area contributed by atoms with E-state index in [2.05, 4.69) is 53.3 Å². The normalized spacial score (nSPS) is 10.7. The van der Waals surface area contributed by atoms with Gasteiger partial charge in [0, 0.05) is 0 Å². The molecular formula is C25H46. The summed E-state index contributed by atoms with van der Waals surface area (Å²) in [6.07, 6.45) is 4.67. The molecule has 0 amide bonds. The van der Waals surface area contributed by atoms with Gasteiger partial charge in [0.05, 0.1) is 0 Å². The minimum Gasteiger partial charge on any atom is -0.106 e. The molecule has 0 aromatic carbocycles. The van der Waals surface area contributed by atoms with Gasteiger partial charge in [-0.05, 0) is 46.8 Å². The molecule has 0 spiro atoms. The summed E-state index contributed by atoms with van der Waals surface area (Å²) in [6.45, 7) is 42.0. The molecule has 1 aliphatic carbocycles. The zero-order valence-corrected chi connectivity index (χ0v) is 19.1. The molecule has 0 N–H and O–H groups in total. The van der Waals surface area contributed by atoms with Gasteiger partial charge in [-0.25, -0.2) is 0 Å². The van der Waals surface area contributed by atoms with Crippen molar-refractivity contribution < 1.29 is 0 Å². The quantitative estimate of drug-likeness (QED) is 0.444. The minimum atomic E-state index is 0.934. The molecule has 0 heterocycles. The van der Waals surface area contributed by atoms with Gasteiger partial charge in [0.2, 0.25) is 0 Å². The Hall–Kier alpha value is -1.82. The van der Waals surface area contributed by atoms with E-state index < -0.39 is 0 Å². The monoisotopic (exact) mass is 346 g/mol. The molecule has 0 aliphatic heterocycles. The van der Waals surface area contributed by atoms with Crippen molar-refractivity contribution in [3.05, 3.63) is 85.1 Å². The highest BCUT2D eigenvalue weighted by atomic mass is 14.3. The summed E-state index contributed by atoms with van der Waals surface area (Å²) in [5.41, 5.74) is 6.78. The molecule has 0 unspecified atom stereocenters. The van der Waals surface area contributed by atoms with Crippen LogP contribution in [0.2, 0.25) is 0 Å². The summed E-state index contributed by atoms with van der Waals surface area (Å²) < 4.78 is 0. The smallest absolute Gasteiger partial charge is 0.00825 e. The molecule has 1 rings (SSSR count). The van der Waals surface area contributed by atoms with Gasteiger partial charge in [0.1, 0.15) is 0 Å². The molecule has 0 atom stereocenters. The second-order valence-corrected chi connectivity index (χ2v) is 3.67. The van der Waals surface area contributed by atoms with Gasteiger partial charge in [-0.2, -0.15) is 0 Å². The molecule has 0 aromatic rings. The lowest BCUT2D eigenvalue weighted by Gasteiger charge is -2.09. The van der Waals surface area contributed by atoms with E-state index in [0.29, 0.717) is 0 Å². The van der Waals surface area contributed by atoms with E-state index in [1.807, 2.05) is 67.5 Å². The van der Waals surface area contributed by atoms with Crippen molar-refractivity contribution in [2.24, 2.45) is 0 Å². The summed E-state index contributed by atoms with van der Waals surface area (Å²) in [4.78, 5) is 0. The van der Waals surface area contributed by atoms with Gasteiger partial charge < -0.3 is 0 Å². The van der Waals surface area contributed by atoms with Gasteiger partial charge >= 0.3 is 0 Å². The van der Waals surface area contributed by atoms with Crippen molar-refractivity contribution in [2.75, 3.05) is 0 Å². The van der Waals surface area contributed by atoms with Gasteiger partial charge in [0.25, 0.3) is 0 Å². The summed E-state index contributed by atoms with van der Waals surface area (Å²) in [5.74, 6) is 0. The molecule has 0 heteroatoms. The van der Waals surface area contributed by atoms with Crippen LogP contribution in [0.25, 0.3) is 0 Å².